The van der Waals surface area contributed by atoms with Crippen LogP contribution in [0.3, 0.4) is 0 Å². The fraction of sp³-hybridized carbons (Fsp3) is 0.333. The van der Waals surface area contributed by atoms with Crippen molar-refractivity contribution in [3.8, 4) is 5.75 Å². The van der Waals surface area contributed by atoms with E-state index in [0.717, 1.165) is 5.69 Å². The molecule has 0 unspecified atom stereocenters. The van der Waals surface area contributed by atoms with Crippen molar-refractivity contribution in [1.29, 1.82) is 0 Å². The summed E-state index contributed by atoms with van der Waals surface area (Å²) in [6.07, 6.45) is 0.303. The van der Waals surface area contributed by atoms with Gasteiger partial charge in [0.15, 0.2) is 0 Å². The number of benzene rings is 1. The van der Waals surface area contributed by atoms with Crippen molar-refractivity contribution in [3.63, 3.8) is 0 Å². The second-order valence-electron chi connectivity index (χ2n) is 3.56. The van der Waals surface area contributed by atoms with Gasteiger partial charge in [-0.2, -0.15) is 0 Å². The first kappa shape index (κ1) is 10.7. The predicted molar refractivity (Wildman–Crippen MR) is 59.6 cm³/mol. The van der Waals surface area contributed by atoms with Crippen LogP contribution in [0, 0.1) is 0 Å². The molecular formula is C12H13NO3. The first-order valence-electron chi connectivity index (χ1n) is 5.30. The van der Waals surface area contributed by atoms with Crippen LogP contribution in [0.15, 0.2) is 24.3 Å². The van der Waals surface area contributed by atoms with E-state index in [1.165, 1.54) is 4.90 Å². The molecule has 0 spiro atoms. The number of ketones is 1. The predicted octanol–water partition coefficient (Wildman–Crippen LogP) is 1.39. The highest BCUT2D eigenvalue weighted by Gasteiger charge is 2.30. The average molecular weight is 219 g/mol. The van der Waals surface area contributed by atoms with Gasteiger partial charge in [-0.3, -0.25) is 9.59 Å². The molecule has 1 amide bonds. The van der Waals surface area contributed by atoms with Crippen molar-refractivity contribution < 1.29 is 14.3 Å². The Labute approximate surface area is 93.8 Å². The van der Waals surface area contributed by atoms with E-state index in [1.54, 1.807) is 12.1 Å². The van der Waals surface area contributed by atoms with Crippen molar-refractivity contribution in [2.24, 2.45) is 0 Å². The minimum absolute atomic E-state index is 0.303. The third-order valence-corrected chi connectivity index (χ3v) is 2.49. The molecule has 1 aromatic carbocycles. The van der Waals surface area contributed by atoms with Crippen LogP contribution in [-0.4, -0.2) is 24.8 Å². The number of ether oxygens (including phenoxy) is 1. The molecule has 84 valence electrons. The zero-order valence-corrected chi connectivity index (χ0v) is 9.10. The molecule has 0 radical (unpaired) electrons. The van der Waals surface area contributed by atoms with Gasteiger partial charge in [0.2, 0.25) is 5.78 Å². The van der Waals surface area contributed by atoms with Gasteiger partial charge in [0.1, 0.15) is 5.75 Å². The van der Waals surface area contributed by atoms with Gasteiger partial charge in [0.25, 0.3) is 5.91 Å². The summed E-state index contributed by atoms with van der Waals surface area (Å²) >= 11 is 0. The van der Waals surface area contributed by atoms with Crippen LogP contribution in [-0.2, 0) is 9.59 Å². The molecule has 16 heavy (non-hydrogen) atoms. The van der Waals surface area contributed by atoms with Crippen molar-refractivity contribution in [3.05, 3.63) is 24.3 Å². The van der Waals surface area contributed by atoms with Gasteiger partial charge in [0.05, 0.1) is 6.61 Å². The van der Waals surface area contributed by atoms with Crippen LogP contribution in [0.4, 0.5) is 5.69 Å². The fourth-order valence-electron chi connectivity index (χ4n) is 1.73. The van der Waals surface area contributed by atoms with Crippen molar-refractivity contribution in [2.75, 3.05) is 18.1 Å². The normalized spacial score (nSPS) is 15.7. The van der Waals surface area contributed by atoms with Crippen LogP contribution >= 0.6 is 0 Å². The summed E-state index contributed by atoms with van der Waals surface area (Å²) in [5.74, 6) is -0.0254. The van der Waals surface area contributed by atoms with Gasteiger partial charge in [-0.05, 0) is 19.1 Å². The molecule has 1 fully saturated rings. The highest BCUT2D eigenvalue weighted by atomic mass is 16.5. The maximum atomic E-state index is 11.5. The Balaban J connectivity index is 2.23. The molecule has 0 aromatic heterocycles. The summed E-state index contributed by atoms with van der Waals surface area (Å²) in [5, 5.41) is 0. The Kier molecular flexibility index (Phi) is 2.90. The molecule has 0 bridgehead atoms. The minimum Gasteiger partial charge on any atom is -0.494 e. The van der Waals surface area contributed by atoms with Gasteiger partial charge >= 0.3 is 0 Å². The molecule has 4 nitrogen and oxygen atoms in total. The van der Waals surface area contributed by atoms with Crippen LogP contribution in [0.2, 0.25) is 0 Å². The summed E-state index contributed by atoms with van der Waals surface area (Å²) in [7, 11) is 0. The van der Waals surface area contributed by atoms with E-state index in [4.69, 9.17) is 4.74 Å². The number of amides is 1. The van der Waals surface area contributed by atoms with Crippen molar-refractivity contribution in [2.45, 2.75) is 13.3 Å². The van der Waals surface area contributed by atoms with Crippen molar-refractivity contribution in [1.82, 2.24) is 0 Å². The smallest absolute Gasteiger partial charge is 0.294 e. The third-order valence-electron chi connectivity index (χ3n) is 2.49. The van der Waals surface area contributed by atoms with E-state index in [2.05, 4.69) is 0 Å². The summed E-state index contributed by atoms with van der Waals surface area (Å²) in [5.41, 5.74) is 0.724. The van der Waals surface area contributed by atoms with Crippen LogP contribution in [0.25, 0.3) is 0 Å². The zero-order valence-electron chi connectivity index (χ0n) is 9.10. The number of Topliss-reactive ketones (excluding diaryl/α,β-unsaturated/α-hetero) is 1. The standard InChI is InChI=1S/C12H13NO3/c1-2-16-10-5-3-4-9(8-10)13-7-6-11(14)12(13)15/h3-5,8H,2,6-7H2,1H3. The summed E-state index contributed by atoms with van der Waals surface area (Å²) < 4.78 is 5.35. The lowest BCUT2D eigenvalue weighted by Gasteiger charge is -2.15. The number of carbonyl (C=O) groups is 2. The molecule has 4 heteroatoms. The van der Waals surface area contributed by atoms with Crippen LogP contribution in [0.1, 0.15) is 13.3 Å². The van der Waals surface area contributed by atoms with Gasteiger partial charge in [-0.1, -0.05) is 6.07 Å². The minimum atomic E-state index is -0.423. The molecule has 1 aliphatic heterocycles. The molecule has 0 saturated carbocycles. The Bertz CT molecular complexity index is 428. The summed E-state index contributed by atoms with van der Waals surface area (Å²) in [6, 6.07) is 7.23. The van der Waals surface area contributed by atoms with Gasteiger partial charge in [-0.25, -0.2) is 0 Å². The molecule has 0 atom stereocenters. The lowest BCUT2D eigenvalue weighted by Crippen LogP contribution is -2.26. The molecule has 0 N–H and O–H groups in total. The topological polar surface area (TPSA) is 46.6 Å². The second-order valence-corrected chi connectivity index (χ2v) is 3.56. The number of rotatable bonds is 3. The Morgan fingerprint density at radius 1 is 1.38 bits per heavy atom. The van der Waals surface area contributed by atoms with Gasteiger partial charge < -0.3 is 9.64 Å². The lowest BCUT2D eigenvalue weighted by molar-refractivity contribution is -0.133. The van der Waals surface area contributed by atoms with Gasteiger partial charge in [-0.15, -0.1) is 0 Å². The third kappa shape index (κ3) is 1.91. The highest BCUT2D eigenvalue weighted by molar-refractivity contribution is 6.43. The average Bonchev–Trinajstić information content (AvgIpc) is 2.61. The molecule has 1 aliphatic rings. The van der Waals surface area contributed by atoms with Crippen LogP contribution in [0.5, 0.6) is 5.75 Å². The molecule has 2 rings (SSSR count). The quantitative estimate of drug-likeness (QED) is 0.722. The van der Waals surface area contributed by atoms with E-state index in [9.17, 15) is 9.59 Å². The number of anilines is 1. The molecule has 1 heterocycles. The SMILES string of the molecule is CCOc1cccc(N2CCC(=O)C2=O)c1. The van der Waals surface area contributed by atoms with E-state index in [0.29, 0.717) is 25.3 Å². The summed E-state index contributed by atoms with van der Waals surface area (Å²) in [4.78, 5) is 24.1. The van der Waals surface area contributed by atoms with E-state index >= 15 is 0 Å². The van der Waals surface area contributed by atoms with Crippen molar-refractivity contribution >= 4 is 17.4 Å². The van der Waals surface area contributed by atoms with Gasteiger partial charge in [0, 0.05) is 24.7 Å². The number of nitrogens with zero attached hydrogens (tertiary/aromatic N) is 1. The first-order valence-corrected chi connectivity index (χ1v) is 5.30. The first-order chi connectivity index (χ1) is 7.72. The lowest BCUT2D eigenvalue weighted by atomic mass is 10.3. The maximum Gasteiger partial charge on any atom is 0.294 e. The summed E-state index contributed by atoms with van der Waals surface area (Å²) in [6.45, 7) is 2.95. The number of hydrogen-bond acceptors (Lipinski definition) is 3. The van der Waals surface area contributed by atoms with E-state index in [1.807, 2.05) is 19.1 Å². The molecule has 0 aliphatic carbocycles. The zero-order chi connectivity index (χ0) is 11.5. The highest BCUT2D eigenvalue weighted by Crippen LogP contribution is 2.24. The number of carbonyl (C=O) groups excluding carboxylic acids is 2. The molecule has 1 saturated heterocycles. The Morgan fingerprint density at radius 2 is 2.19 bits per heavy atom. The largest absolute Gasteiger partial charge is 0.494 e. The van der Waals surface area contributed by atoms with Crippen LogP contribution < -0.4 is 9.64 Å². The number of hydrogen-bond donors (Lipinski definition) is 0. The Hall–Kier alpha value is -1.84. The second kappa shape index (κ2) is 4.35. The monoisotopic (exact) mass is 219 g/mol. The molecule has 1 aromatic rings. The molecular weight excluding hydrogens is 206 g/mol. The maximum absolute atomic E-state index is 11.5. The Morgan fingerprint density at radius 3 is 2.81 bits per heavy atom. The van der Waals surface area contributed by atoms with E-state index in [-0.39, 0.29) is 5.78 Å². The van der Waals surface area contributed by atoms with E-state index < -0.39 is 5.91 Å². The fourth-order valence-corrected chi connectivity index (χ4v) is 1.73.